The van der Waals surface area contributed by atoms with Crippen LogP contribution in [0.5, 0.6) is 0 Å². The third-order valence-electron chi connectivity index (χ3n) is 11.8. The molecule has 284 valence electrons. The molecule has 0 bridgehead atoms. The molecule has 60 heavy (non-hydrogen) atoms. The van der Waals surface area contributed by atoms with Gasteiger partial charge in [-0.25, -0.2) is 0 Å². The lowest BCUT2D eigenvalue weighted by Crippen LogP contribution is -2.61. The van der Waals surface area contributed by atoms with Crippen molar-refractivity contribution in [2.75, 3.05) is 14.7 Å². The SMILES string of the molecule is Cc1ccnc(-c2ccccc2N2c3ccccc3B3c4ccccc4N(c4ccccc4-c4cc(C)ccn4)c4cc(N(c5ccccc5)c5ccccc5)cc2c43)c1. The lowest BCUT2D eigenvalue weighted by atomic mass is 9.33. The van der Waals surface area contributed by atoms with Crippen LogP contribution in [-0.4, -0.2) is 16.7 Å². The van der Waals surface area contributed by atoms with Gasteiger partial charge in [-0.1, -0.05) is 109 Å². The van der Waals surface area contributed by atoms with E-state index >= 15 is 0 Å². The molecule has 9 aromatic rings. The highest BCUT2D eigenvalue weighted by Gasteiger charge is 2.44. The first-order chi connectivity index (χ1) is 29.6. The Morgan fingerprint density at radius 3 is 1.23 bits per heavy atom. The number of hydrogen-bond donors (Lipinski definition) is 0. The van der Waals surface area contributed by atoms with E-state index < -0.39 is 0 Å². The Hall–Kier alpha value is -7.70. The number of hydrogen-bond acceptors (Lipinski definition) is 5. The van der Waals surface area contributed by atoms with Crippen molar-refractivity contribution in [2.45, 2.75) is 13.8 Å². The fourth-order valence-corrected chi connectivity index (χ4v) is 9.27. The van der Waals surface area contributed by atoms with Crippen molar-refractivity contribution in [1.29, 1.82) is 0 Å². The van der Waals surface area contributed by atoms with E-state index in [-0.39, 0.29) is 6.71 Å². The van der Waals surface area contributed by atoms with Crippen LogP contribution in [0.25, 0.3) is 22.5 Å². The molecule has 0 aliphatic carbocycles. The van der Waals surface area contributed by atoms with Crippen molar-refractivity contribution in [3.05, 3.63) is 218 Å². The van der Waals surface area contributed by atoms with Gasteiger partial charge in [-0.15, -0.1) is 0 Å². The minimum absolute atomic E-state index is 0.0284. The van der Waals surface area contributed by atoms with Gasteiger partial charge >= 0.3 is 0 Å². The number of aryl methyl sites for hydroxylation is 2. The van der Waals surface area contributed by atoms with Crippen molar-refractivity contribution >= 4 is 74.3 Å². The topological polar surface area (TPSA) is 35.5 Å². The largest absolute Gasteiger partial charge is 0.311 e. The highest BCUT2D eigenvalue weighted by molar-refractivity contribution is 7.00. The molecule has 0 fully saturated rings. The average Bonchev–Trinajstić information content (AvgIpc) is 3.30. The van der Waals surface area contributed by atoms with E-state index in [0.29, 0.717) is 0 Å². The summed E-state index contributed by atoms with van der Waals surface area (Å²) in [5.74, 6) is 0. The standard InChI is InChI=1S/C54H40BN5/c1-37-29-31-56-46(33-37)42-21-9-13-25-48(42)59-50-27-15-11-23-44(50)55-45-24-12-16-28-51(45)60(49-26-14-10-22-43(49)47-34-38(2)30-32-57-47)53-36-41(35-52(59)54(53)55)58(39-17-5-3-6-18-39)40-19-7-4-8-20-40/h3-36H,1-2H3. The number of nitrogens with zero attached hydrogens (tertiary/aromatic N) is 5. The molecule has 6 heteroatoms. The fourth-order valence-electron chi connectivity index (χ4n) is 9.27. The van der Waals surface area contributed by atoms with Crippen LogP contribution >= 0.6 is 0 Å². The van der Waals surface area contributed by atoms with E-state index in [1.54, 1.807) is 0 Å². The maximum absolute atomic E-state index is 4.94. The molecular formula is C54H40BN5. The lowest BCUT2D eigenvalue weighted by Gasteiger charge is -2.45. The van der Waals surface area contributed by atoms with Crippen LogP contribution in [0.4, 0.5) is 51.2 Å². The number of anilines is 9. The highest BCUT2D eigenvalue weighted by Crippen LogP contribution is 2.50. The predicted octanol–water partition coefficient (Wildman–Crippen LogP) is 12.0. The summed E-state index contributed by atoms with van der Waals surface area (Å²) in [5.41, 5.74) is 20.0. The normalized spacial score (nSPS) is 12.4. The van der Waals surface area contributed by atoms with E-state index in [2.05, 4.69) is 223 Å². The molecule has 0 atom stereocenters. The Bertz CT molecular complexity index is 2860. The molecule has 0 unspecified atom stereocenters. The molecule has 2 aromatic heterocycles. The molecule has 0 amide bonds. The van der Waals surface area contributed by atoms with Gasteiger partial charge in [0.15, 0.2) is 0 Å². The van der Waals surface area contributed by atoms with Crippen LogP contribution in [0.1, 0.15) is 11.1 Å². The van der Waals surface area contributed by atoms with Gasteiger partial charge in [0.05, 0.1) is 28.5 Å². The Kier molecular flexibility index (Phi) is 8.63. The van der Waals surface area contributed by atoms with Crippen LogP contribution in [0.3, 0.4) is 0 Å². The quantitative estimate of drug-likeness (QED) is 0.151. The summed E-state index contributed by atoms with van der Waals surface area (Å²) in [6.45, 7) is 4.23. The summed E-state index contributed by atoms with van der Waals surface area (Å²) in [6, 6.07) is 70.0. The molecule has 0 saturated carbocycles. The van der Waals surface area contributed by atoms with Gasteiger partial charge in [0, 0.05) is 57.6 Å². The summed E-state index contributed by atoms with van der Waals surface area (Å²) >= 11 is 0. The number of rotatable bonds is 7. The number of pyridine rings is 2. The van der Waals surface area contributed by atoms with Crippen molar-refractivity contribution in [1.82, 2.24) is 9.97 Å². The molecule has 2 aliphatic heterocycles. The van der Waals surface area contributed by atoms with Crippen molar-refractivity contribution in [2.24, 2.45) is 0 Å². The Balaban J connectivity index is 1.27. The zero-order valence-corrected chi connectivity index (χ0v) is 33.4. The van der Waals surface area contributed by atoms with Crippen molar-refractivity contribution in [3.63, 3.8) is 0 Å². The molecule has 4 heterocycles. The maximum Gasteiger partial charge on any atom is 0.252 e. The Morgan fingerprint density at radius 1 is 0.383 bits per heavy atom. The Labute approximate surface area is 351 Å². The van der Waals surface area contributed by atoms with E-state index in [1.165, 1.54) is 27.5 Å². The monoisotopic (exact) mass is 769 g/mol. The summed E-state index contributed by atoms with van der Waals surface area (Å²) < 4.78 is 0. The van der Waals surface area contributed by atoms with Gasteiger partial charge in [0.1, 0.15) is 0 Å². The average molecular weight is 770 g/mol. The summed E-state index contributed by atoms with van der Waals surface area (Å²) in [6.07, 6.45) is 3.83. The van der Waals surface area contributed by atoms with E-state index in [4.69, 9.17) is 9.97 Å². The molecule has 0 N–H and O–H groups in total. The van der Waals surface area contributed by atoms with Crippen LogP contribution in [-0.2, 0) is 0 Å². The first-order valence-corrected chi connectivity index (χ1v) is 20.5. The second kappa shape index (κ2) is 14.6. The van der Waals surface area contributed by atoms with Gasteiger partial charge in [-0.3, -0.25) is 9.97 Å². The first-order valence-electron chi connectivity index (χ1n) is 20.5. The second-order valence-electron chi connectivity index (χ2n) is 15.6. The number of para-hydroxylation sites is 6. The minimum Gasteiger partial charge on any atom is -0.311 e. The molecule has 0 saturated heterocycles. The van der Waals surface area contributed by atoms with Crippen LogP contribution < -0.4 is 31.1 Å². The van der Waals surface area contributed by atoms with Gasteiger partial charge in [-0.2, -0.15) is 0 Å². The molecule has 5 nitrogen and oxygen atoms in total. The summed E-state index contributed by atoms with van der Waals surface area (Å²) in [4.78, 5) is 17.2. The van der Waals surface area contributed by atoms with Crippen LogP contribution in [0.2, 0.25) is 0 Å². The first kappa shape index (κ1) is 35.5. The van der Waals surface area contributed by atoms with E-state index in [9.17, 15) is 0 Å². The number of benzene rings is 7. The van der Waals surface area contributed by atoms with E-state index in [1.807, 2.05) is 12.4 Å². The summed E-state index contributed by atoms with van der Waals surface area (Å²) in [7, 11) is 0. The zero-order valence-electron chi connectivity index (χ0n) is 33.4. The van der Waals surface area contributed by atoms with E-state index in [0.717, 1.165) is 73.7 Å². The van der Waals surface area contributed by atoms with Gasteiger partial charge in [0.25, 0.3) is 6.71 Å². The highest BCUT2D eigenvalue weighted by atomic mass is 15.2. The van der Waals surface area contributed by atoms with Gasteiger partial charge < -0.3 is 14.7 Å². The maximum atomic E-state index is 4.94. The third-order valence-corrected chi connectivity index (χ3v) is 11.8. The smallest absolute Gasteiger partial charge is 0.252 e. The molecule has 0 radical (unpaired) electrons. The molecule has 0 spiro atoms. The molecule has 2 aliphatic rings. The fraction of sp³-hybridized carbons (Fsp3) is 0.0370. The molecule has 11 rings (SSSR count). The van der Waals surface area contributed by atoms with Crippen molar-refractivity contribution < 1.29 is 0 Å². The number of aromatic nitrogens is 2. The van der Waals surface area contributed by atoms with Crippen LogP contribution in [0, 0.1) is 13.8 Å². The second-order valence-corrected chi connectivity index (χ2v) is 15.6. The predicted molar refractivity (Wildman–Crippen MR) is 251 cm³/mol. The Morgan fingerprint density at radius 2 is 0.783 bits per heavy atom. The van der Waals surface area contributed by atoms with Crippen LogP contribution in [0.15, 0.2) is 207 Å². The minimum atomic E-state index is -0.0284. The van der Waals surface area contributed by atoms with Gasteiger partial charge in [-0.05, 0) is 126 Å². The zero-order chi connectivity index (χ0) is 40.2. The van der Waals surface area contributed by atoms with Crippen molar-refractivity contribution in [3.8, 4) is 22.5 Å². The number of fused-ring (bicyclic) bond motifs is 4. The third kappa shape index (κ3) is 5.87. The lowest BCUT2D eigenvalue weighted by molar-refractivity contribution is 1.22. The summed E-state index contributed by atoms with van der Waals surface area (Å²) in [5, 5.41) is 0. The van der Waals surface area contributed by atoms with Gasteiger partial charge in [0.2, 0.25) is 0 Å². The molecule has 7 aromatic carbocycles. The molecular weight excluding hydrogens is 729 g/mol.